The Labute approximate surface area is 241 Å². The number of esters is 1. The van der Waals surface area contributed by atoms with Gasteiger partial charge in [0.05, 0.1) is 19.5 Å². The smallest absolute Gasteiger partial charge is 0.459 e. The number of benzene rings is 1. The first-order valence-corrected chi connectivity index (χ1v) is 15.0. The van der Waals surface area contributed by atoms with E-state index >= 15 is 4.39 Å². The third-order valence-electron chi connectivity index (χ3n) is 6.78. The van der Waals surface area contributed by atoms with Crippen LogP contribution in [0.5, 0.6) is 5.75 Å². The minimum Gasteiger partial charge on any atom is -0.465 e. The van der Waals surface area contributed by atoms with Crippen LogP contribution in [0.2, 0.25) is 0 Å². The number of halogens is 1. The van der Waals surface area contributed by atoms with Crippen LogP contribution in [0.25, 0.3) is 11.2 Å². The topological polar surface area (TPSA) is 185 Å². The van der Waals surface area contributed by atoms with Gasteiger partial charge in [0.2, 0.25) is 11.6 Å². The maximum atomic E-state index is 16.4. The van der Waals surface area contributed by atoms with E-state index < -0.39 is 50.5 Å². The van der Waals surface area contributed by atoms with E-state index in [4.69, 9.17) is 24.3 Å². The van der Waals surface area contributed by atoms with E-state index in [1.165, 1.54) is 30.0 Å². The van der Waals surface area contributed by atoms with E-state index in [1.807, 2.05) is 0 Å². The van der Waals surface area contributed by atoms with E-state index in [2.05, 4.69) is 31.9 Å². The Kier molecular flexibility index (Phi) is 8.49. The molecule has 226 valence electrons. The second-order valence-electron chi connectivity index (χ2n) is 9.98. The van der Waals surface area contributed by atoms with Crippen LogP contribution in [0.15, 0.2) is 49.3 Å². The number of imidazole rings is 1. The third-order valence-corrected chi connectivity index (χ3v) is 8.42. The van der Waals surface area contributed by atoms with E-state index in [1.54, 1.807) is 25.1 Å². The predicted octanol–water partition coefficient (Wildman–Crippen LogP) is 2.88. The molecule has 1 unspecified atom stereocenters. The number of ether oxygens (including phenoxy) is 2. The standard InChI is InChI=1S/C26H33FN7O7P/c1-4-26(27)20(35)18(13-39-42(37,33-15(3)23(36)38-5-2)41-17-9-7-6-8-10-17)40-24(26)34-14-29-19-21(30-16-11-12-16)31-25(28)32-22(19)34/h4,6-10,14-16,18,20,24,35H,1,5,11-13H2,2-3H3,(H,33,37)(H3,28,30,31,32)/t15?,18-,20-,24-,26-,42+/m1/s1. The van der Waals surface area contributed by atoms with Gasteiger partial charge in [-0.25, -0.2) is 13.9 Å². The molecule has 1 aliphatic carbocycles. The number of fused-ring (bicyclic) bond motifs is 1. The number of para-hydroxylation sites is 1. The monoisotopic (exact) mass is 605 g/mol. The molecule has 2 aromatic heterocycles. The minimum atomic E-state index is -4.30. The van der Waals surface area contributed by atoms with Crippen molar-refractivity contribution in [1.29, 1.82) is 0 Å². The van der Waals surface area contributed by atoms with Crippen molar-refractivity contribution >= 4 is 36.6 Å². The Hall–Kier alpha value is -3.62. The number of nitrogens with zero attached hydrogens (tertiary/aromatic N) is 4. The number of nitrogens with one attached hydrogen (secondary N) is 2. The molecule has 1 saturated carbocycles. The number of carbonyl (C=O) groups excluding carboxylic acids is 1. The van der Waals surface area contributed by atoms with Crippen LogP contribution in [0.3, 0.4) is 0 Å². The first kappa shape index (κ1) is 29.9. The first-order valence-electron chi connectivity index (χ1n) is 13.4. The van der Waals surface area contributed by atoms with Gasteiger partial charge in [-0.1, -0.05) is 24.8 Å². The van der Waals surface area contributed by atoms with Gasteiger partial charge in [0.25, 0.3) is 0 Å². The Morgan fingerprint density at radius 2 is 2.12 bits per heavy atom. The van der Waals surface area contributed by atoms with Gasteiger partial charge in [0.15, 0.2) is 23.2 Å². The summed E-state index contributed by atoms with van der Waals surface area (Å²) in [5.74, 6) is -0.164. The highest BCUT2D eigenvalue weighted by Gasteiger charge is 2.57. The number of rotatable bonds is 13. The summed E-state index contributed by atoms with van der Waals surface area (Å²) >= 11 is 0. The van der Waals surface area contributed by atoms with E-state index in [0.717, 1.165) is 18.9 Å². The summed E-state index contributed by atoms with van der Waals surface area (Å²) in [6, 6.07) is 7.27. The molecule has 0 amide bonds. The maximum absolute atomic E-state index is 16.4. The summed E-state index contributed by atoms with van der Waals surface area (Å²) in [7, 11) is -4.30. The average molecular weight is 606 g/mol. The van der Waals surface area contributed by atoms with Crippen LogP contribution in [0, 0.1) is 0 Å². The Balaban J connectivity index is 1.39. The summed E-state index contributed by atoms with van der Waals surface area (Å²) in [5, 5.41) is 16.8. The molecule has 1 saturated heterocycles. The fourth-order valence-electron chi connectivity index (χ4n) is 4.47. The maximum Gasteiger partial charge on any atom is 0.459 e. The van der Waals surface area contributed by atoms with E-state index in [9.17, 15) is 14.5 Å². The molecule has 1 aliphatic heterocycles. The molecule has 0 radical (unpaired) electrons. The third kappa shape index (κ3) is 6.10. The summed E-state index contributed by atoms with van der Waals surface area (Å²) < 4.78 is 53.6. The fraction of sp³-hybridized carbons (Fsp3) is 0.462. The van der Waals surface area contributed by atoms with Crippen molar-refractivity contribution in [3.05, 3.63) is 49.3 Å². The van der Waals surface area contributed by atoms with Crippen molar-refractivity contribution in [3.63, 3.8) is 0 Å². The lowest BCUT2D eigenvalue weighted by Gasteiger charge is -2.26. The number of nitrogen functional groups attached to an aromatic ring is 1. The van der Waals surface area contributed by atoms with Crippen LogP contribution in [-0.2, 0) is 23.4 Å². The molecule has 6 atom stereocenters. The number of aliphatic hydroxyl groups is 1. The Bertz CT molecular complexity index is 1490. The predicted molar refractivity (Wildman–Crippen MR) is 150 cm³/mol. The second-order valence-corrected chi connectivity index (χ2v) is 11.7. The highest BCUT2D eigenvalue weighted by molar-refractivity contribution is 7.52. The van der Waals surface area contributed by atoms with E-state index in [0.29, 0.717) is 11.3 Å². The number of nitrogens with two attached hydrogens (primary N) is 1. The zero-order valence-corrected chi connectivity index (χ0v) is 23.9. The molecule has 3 heterocycles. The second kappa shape index (κ2) is 11.9. The van der Waals surface area contributed by atoms with Crippen molar-refractivity contribution < 1.29 is 37.4 Å². The summed E-state index contributed by atoms with van der Waals surface area (Å²) in [6.07, 6.45) is -0.487. The van der Waals surface area contributed by atoms with Gasteiger partial charge >= 0.3 is 13.7 Å². The van der Waals surface area contributed by atoms with Crippen molar-refractivity contribution in [2.45, 2.75) is 62.9 Å². The number of aromatic nitrogens is 4. The quantitative estimate of drug-likeness (QED) is 0.127. The first-order chi connectivity index (χ1) is 20.1. The molecule has 16 heteroatoms. The Morgan fingerprint density at radius 3 is 2.79 bits per heavy atom. The van der Waals surface area contributed by atoms with Gasteiger partial charge in [-0.3, -0.25) is 13.9 Å². The number of hydrogen-bond acceptors (Lipinski definition) is 12. The number of hydrogen-bond donors (Lipinski definition) is 4. The summed E-state index contributed by atoms with van der Waals surface area (Å²) in [6.45, 7) is 6.13. The van der Waals surface area contributed by atoms with Crippen molar-refractivity contribution in [3.8, 4) is 5.75 Å². The summed E-state index contributed by atoms with van der Waals surface area (Å²) in [4.78, 5) is 25.0. The molecule has 3 aromatic rings. The molecular weight excluding hydrogens is 572 g/mol. The fourth-order valence-corrected chi connectivity index (χ4v) is 5.97. The zero-order valence-electron chi connectivity index (χ0n) is 23.1. The van der Waals surface area contributed by atoms with Gasteiger partial charge in [0.1, 0.15) is 24.0 Å². The normalized spacial score (nSPS) is 26.0. The van der Waals surface area contributed by atoms with Crippen molar-refractivity contribution in [2.24, 2.45) is 0 Å². The number of aliphatic hydroxyl groups excluding tert-OH is 1. The lowest BCUT2D eigenvalue weighted by atomic mass is 9.96. The van der Waals surface area contributed by atoms with Crippen LogP contribution in [-0.4, -0.2) is 73.8 Å². The van der Waals surface area contributed by atoms with Crippen LogP contribution in [0.1, 0.15) is 32.9 Å². The Morgan fingerprint density at radius 1 is 1.38 bits per heavy atom. The molecule has 2 aliphatic rings. The van der Waals surface area contributed by atoms with Crippen LogP contribution in [0.4, 0.5) is 16.2 Å². The molecule has 5 N–H and O–H groups in total. The largest absolute Gasteiger partial charge is 0.465 e. The minimum absolute atomic E-state index is 0.0605. The molecule has 14 nitrogen and oxygen atoms in total. The zero-order chi connectivity index (χ0) is 30.1. The van der Waals surface area contributed by atoms with Gasteiger partial charge < -0.3 is 30.2 Å². The number of carbonyl (C=O) groups is 1. The lowest BCUT2D eigenvalue weighted by Crippen LogP contribution is -2.42. The average Bonchev–Trinajstić information content (AvgIpc) is 3.62. The highest BCUT2D eigenvalue weighted by atomic mass is 31.2. The molecule has 2 fully saturated rings. The number of alkyl halides is 1. The van der Waals surface area contributed by atoms with Gasteiger partial charge in [-0.2, -0.15) is 15.1 Å². The molecule has 0 bridgehead atoms. The van der Waals surface area contributed by atoms with Crippen LogP contribution < -0.4 is 20.7 Å². The lowest BCUT2D eigenvalue weighted by molar-refractivity contribution is -0.144. The van der Waals surface area contributed by atoms with Gasteiger partial charge in [-0.05, 0) is 44.9 Å². The highest BCUT2D eigenvalue weighted by Crippen LogP contribution is 2.48. The molecule has 42 heavy (non-hydrogen) atoms. The molecule has 5 rings (SSSR count). The van der Waals surface area contributed by atoms with Gasteiger partial charge in [0, 0.05) is 6.04 Å². The SMILES string of the molecule is C=C[C@@]1(F)[C@H](O)[C@@H](CO[P@@](=O)(NC(C)C(=O)OCC)Oc2ccccc2)O[C@H]1n1cnc2c(NC3CC3)nc(N)nc21. The van der Waals surface area contributed by atoms with Crippen molar-refractivity contribution in [2.75, 3.05) is 24.3 Å². The van der Waals surface area contributed by atoms with Crippen LogP contribution >= 0.6 is 7.75 Å². The molecule has 0 spiro atoms. The van der Waals surface area contributed by atoms with E-state index in [-0.39, 0.29) is 30.0 Å². The summed E-state index contributed by atoms with van der Waals surface area (Å²) in [5.41, 5.74) is 3.91. The van der Waals surface area contributed by atoms with Crippen molar-refractivity contribution in [1.82, 2.24) is 24.6 Å². The molecule has 1 aromatic carbocycles. The molecular formula is C26H33FN7O7P. The van der Waals surface area contributed by atoms with Gasteiger partial charge in [-0.15, -0.1) is 0 Å². The number of anilines is 2.